The monoisotopic (exact) mass is 480 g/mol. The van der Waals surface area contributed by atoms with Crippen molar-refractivity contribution >= 4 is 17.5 Å². The van der Waals surface area contributed by atoms with Crippen molar-refractivity contribution in [3.8, 4) is 11.5 Å². The molecule has 186 valence electrons. The van der Waals surface area contributed by atoms with Crippen LogP contribution in [-0.4, -0.2) is 52.1 Å². The van der Waals surface area contributed by atoms with Crippen LogP contribution in [0.3, 0.4) is 0 Å². The lowest BCUT2D eigenvalue weighted by atomic mass is 10.0. The van der Waals surface area contributed by atoms with Crippen LogP contribution in [0.15, 0.2) is 42.7 Å². The number of hydrogen-bond acceptors (Lipinski definition) is 6. The van der Waals surface area contributed by atoms with Crippen molar-refractivity contribution in [1.82, 2.24) is 19.6 Å². The third kappa shape index (κ3) is 5.03. The van der Waals surface area contributed by atoms with Gasteiger partial charge < -0.3 is 24.4 Å². The first kappa shape index (κ1) is 24.4. The second kappa shape index (κ2) is 9.13. The molecule has 35 heavy (non-hydrogen) atoms. The summed E-state index contributed by atoms with van der Waals surface area (Å²) < 4.78 is 18.8. The fraction of sp³-hybridized carbons (Fsp3) is 0.423. The summed E-state index contributed by atoms with van der Waals surface area (Å²) in [6, 6.07) is 9.10. The maximum atomic E-state index is 13.4. The number of nitrogens with one attached hydrogen (secondary N) is 1. The quantitative estimate of drug-likeness (QED) is 0.603. The smallest absolute Gasteiger partial charge is 0.410 e. The maximum absolute atomic E-state index is 13.4. The number of benzene rings is 1. The van der Waals surface area contributed by atoms with Crippen molar-refractivity contribution in [2.45, 2.75) is 52.3 Å². The first-order valence-electron chi connectivity index (χ1n) is 11.6. The van der Waals surface area contributed by atoms with E-state index in [1.54, 1.807) is 30.3 Å². The molecule has 0 saturated heterocycles. The van der Waals surface area contributed by atoms with Crippen molar-refractivity contribution in [2.75, 3.05) is 20.3 Å². The molecule has 4 rings (SSSR count). The van der Waals surface area contributed by atoms with E-state index in [2.05, 4.69) is 10.3 Å². The van der Waals surface area contributed by atoms with E-state index in [0.29, 0.717) is 36.0 Å². The minimum absolute atomic E-state index is 0.255. The van der Waals surface area contributed by atoms with E-state index >= 15 is 0 Å². The fourth-order valence-corrected chi connectivity index (χ4v) is 4.12. The molecular weight excluding hydrogens is 448 g/mol. The molecule has 0 unspecified atom stereocenters. The maximum Gasteiger partial charge on any atom is 0.410 e. The van der Waals surface area contributed by atoms with E-state index in [9.17, 15) is 9.59 Å². The van der Waals surface area contributed by atoms with E-state index in [1.165, 1.54) is 0 Å². The van der Waals surface area contributed by atoms with Crippen LogP contribution in [0.5, 0.6) is 11.5 Å². The predicted octanol–water partition coefficient (Wildman–Crippen LogP) is 4.14. The van der Waals surface area contributed by atoms with Crippen LogP contribution >= 0.6 is 0 Å². The lowest BCUT2D eigenvalue weighted by molar-refractivity contribution is 0.0225. The number of methoxy groups -OCH3 is 1. The molecule has 3 heterocycles. The number of imidazole rings is 1. The minimum atomic E-state index is -0.800. The first-order chi connectivity index (χ1) is 16.5. The summed E-state index contributed by atoms with van der Waals surface area (Å²) in [5.41, 5.74) is 0.564. The van der Waals surface area contributed by atoms with Gasteiger partial charge in [0, 0.05) is 11.8 Å². The highest BCUT2D eigenvalue weighted by Gasteiger charge is 2.31. The summed E-state index contributed by atoms with van der Waals surface area (Å²) in [7, 11) is 1.61. The number of ether oxygens (including phenoxy) is 3. The minimum Gasteiger partial charge on any atom is -0.494 e. The van der Waals surface area contributed by atoms with Gasteiger partial charge in [-0.2, -0.15) is 0 Å². The van der Waals surface area contributed by atoms with E-state index in [4.69, 9.17) is 14.2 Å². The molecule has 3 aromatic rings. The average molecular weight is 481 g/mol. The molecule has 0 saturated carbocycles. The Hall–Kier alpha value is -3.75. The number of hydrogen-bond donors (Lipinski definition) is 1. The number of rotatable bonds is 4. The van der Waals surface area contributed by atoms with Crippen molar-refractivity contribution in [3.63, 3.8) is 0 Å². The highest BCUT2D eigenvalue weighted by Crippen LogP contribution is 2.30. The number of carbonyl (C=O) groups is 2. The van der Waals surface area contributed by atoms with E-state index in [-0.39, 0.29) is 12.5 Å². The summed E-state index contributed by atoms with van der Waals surface area (Å²) in [6.45, 7) is 10.2. The zero-order chi connectivity index (χ0) is 25.4. The van der Waals surface area contributed by atoms with Crippen LogP contribution in [0.4, 0.5) is 4.79 Å². The molecule has 9 nitrogen and oxygen atoms in total. The number of amides is 2. The number of para-hydroxylation sites is 1. The number of pyridine rings is 1. The van der Waals surface area contributed by atoms with Crippen LogP contribution in [0.1, 0.15) is 56.4 Å². The van der Waals surface area contributed by atoms with Crippen LogP contribution in [-0.2, 0) is 16.8 Å². The van der Waals surface area contributed by atoms with Gasteiger partial charge >= 0.3 is 6.09 Å². The summed E-state index contributed by atoms with van der Waals surface area (Å²) in [5, 5.41) is 3.09. The summed E-state index contributed by atoms with van der Waals surface area (Å²) in [6.07, 6.45) is 3.20. The highest BCUT2D eigenvalue weighted by atomic mass is 16.6. The Kier molecular flexibility index (Phi) is 6.36. The molecule has 0 fully saturated rings. The second-order valence-electron chi connectivity index (χ2n) is 10.0. The van der Waals surface area contributed by atoms with E-state index in [1.807, 2.05) is 63.4 Å². The molecule has 0 atom stereocenters. The highest BCUT2D eigenvalue weighted by molar-refractivity contribution is 5.98. The molecule has 0 bridgehead atoms. The third-order valence-electron chi connectivity index (χ3n) is 5.70. The van der Waals surface area contributed by atoms with Gasteiger partial charge in [0.1, 0.15) is 35.0 Å². The molecule has 0 spiro atoms. The largest absolute Gasteiger partial charge is 0.494 e. The van der Waals surface area contributed by atoms with Crippen molar-refractivity contribution in [3.05, 3.63) is 59.7 Å². The van der Waals surface area contributed by atoms with Crippen molar-refractivity contribution in [1.29, 1.82) is 0 Å². The molecule has 2 aromatic heterocycles. The SMILES string of the molecule is COc1cccn2c(C(C)(C)NC(=O)c3cccc4c3OCCN(C(=O)OC(C)(C)C)C4)ncc12. The topological polar surface area (TPSA) is 94.4 Å². The molecule has 9 heteroatoms. The molecule has 1 aliphatic rings. The summed E-state index contributed by atoms with van der Waals surface area (Å²) in [4.78, 5) is 32.2. The molecule has 1 aliphatic heterocycles. The normalized spacial score (nSPS) is 14.1. The summed E-state index contributed by atoms with van der Waals surface area (Å²) in [5.74, 6) is 1.54. The molecule has 0 radical (unpaired) electrons. The third-order valence-corrected chi connectivity index (χ3v) is 5.70. The summed E-state index contributed by atoms with van der Waals surface area (Å²) >= 11 is 0. The van der Waals surface area contributed by atoms with Gasteiger partial charge in [0.05, 0.1) is 37.5 Å². The van der Waals surface area contributed by atoms with Gasteiger partial charge in [0.25, 0.3) is 5.91 Å². The van der Waals surface area contributed by atoms with Crippen molar-refractivity contribution in [2.24, 2.45) is 0 Å². The van der Waals surface area contributed by atoms with Gasteiger partial charge in [-0.25, -0.2) is 9.78 Å². The van der Waals surface area contributed by atoms with Crippen LogP contribution in [0.25, 0.3) is 5.52 Å². The number of aromatic nitrogens is 2. The second-order valence-corrected chi connectivity index (χ2v) is 10.0. The molecule has 0 aliphatic carbocycles. The lowest BCUT2D eigenvalue weighted by Gasteiger charge is -2.26. The van der Waals surface area contributed by atoms with Crippen LogP contribution in [0, 0.1) is 0 Å². The van der Waals surface area contributed by atoms with E-state index < -0.39 is 17.2 Å². The Balaban J connectivity index is 1.59. The van der Waals surface area contributed by atoms with Crippen LogP contribution in [0.2, 0.25) is 0 Å². The average Bonchev–Trinajstić information content (AvgIpc) is 3.11. The predicted molar refractivity (Wildman–Crippen MR) is 131 cm³/mol. The molecule has 1 N–H and O–H groups in total. The zero-order valence-electron chi connectivity index (χ0n) is 21.0. The Bertz CT molecular complexity index is 1260. The van der Waals surface area contributed by atoms with Gasteiger partial charge in [0.2, 0.25) is 0 Å². The zero-order valence-corrected chi connectivity index (χ0v) is 21.0. The first-order valence-corrected chi connectivity index (χ1v) is 11.6. The fourth-order valence-electron chi connectivity index (χ4n) is 4.12. The van der Waals surface area contributed by atoms with Crippen molar-refractivity contribution < 1.29 is 23.8 Å². The Morgan fingerprint density at radius 1 is 1.11 bits per heavy atom. The molecule has 2 amide bonds. The lowest BCUT2D eigenvalue weighted by Crippen LogP contribution is -2.42. The Morgan fingerprint density at radius 2 is 1.89 bits per heavy atom. The van der Waals surface area contributed by atoms with Crippen LogP contribution < -0.4 is 14.8 Å². The molecule has 1 aromatic carbocycles. The number of nitrogens with zero attached hydrogens (tertiary/aromatic N) is 3. The Labute approximate surface area is 205 Å². The number of fused-ring (bicyclic) bond motifs is 2. The standard InChI is InChI=1S/C26H32N4O5/c1-25(2,3)35-24(32)29-13-14-34-21-17(16-29)9-7-10-18(21)22(31)28-26(4,5)23-27-15-19-20(33-6)11-8-12-30(19)23/h7-12,15H,13-14,16H2,1-6H3,(H,28,31). The van der Waals surface area contributed by atoms with Gasteiger partial charge in [-0.05, 0) is 52.8 Å². The molecular formula is C26H32N4O5. The Morgan fingerprint density at radius 3 is 2.60 bits per heavy atom. The van der Waals surface area contributed by atoms with Gasteiger partial charge in [-0.15, -0.1) is 0 Å². The van der Waals surface area contributed by atoms with Gasteiger partial charge in [-0.1, -0.05) is 12.1 Å². The number of carbonyl (C=O) groups excluding carboxylic acids is 2. The van der Waals surface area contributed by atoms with Gasteiger partial charge in [0.15, 0.2) is 0 Å². The van der Waals surface area contributed by atoms with Gasteiger partial charge in [-0.3, -0.25) is 9.20 Å². The van der Waals surface area contributed by atoms with E-state index in [0.717, 1.165) is 11.1 Å².